The Morgan fingerprint density at radius 2 is 2.00 bits per heavy atom. The number of benzene rings is 2. The van der Waals surface area contributed by atoms with Gasteiger partial charge in [0.25, 0.3) is 15.7 Å². The van der Waals surface area contributed by atoms with E-state index < -0.39 is 37.0 Å². The van der Waals surface area contributed by atoms with Crippen molar-refractivity contribution in [1.82, 2.24) is 0 Å². The summed E-state index contributed by atoms with van der Waals surface area (Å²) < 4.78 is 45.2. The summed E-state index contributed by atoms with van der Waals surface area (Å²) in [5, 5.41) is 10.8. The van der Waals surface area contributed by atoms with Gasteiger partial charge in [0.1, 0.15) is 5.75 Å². The van der Waals surface area contributed by atoms with E-state index in [-0.39, 0.29) is 10.8 Å². The summed E-state index contributed by atoms with van der Waals surface area (Å²) in [5.74, 6) is -0.863. The highest BCUT2D eigenvalue weighted by molar-refractivity contribution is 7.92. The second-order valence-corrected chi connectivity index (χ2v) is 6.36. The predicted octanol–water partition coefficient (Wildman–Crippen LogP) is 3.20. The molecule has 0 aromatic heterocycles. The topological polar surface area (TPSA) is 98.5 Å². The Labute approximate surface area is 135 Å². The largest absolute Gasteiger partial charge is 0.497 e. The molecule has 2 aromatic carbocycles. The molecule has 0 aliphatic carbocycles. The van der Waals surface area contributed by atoms with Crippen LogP contribution >= 0.6 is 11.6 Å². The molecule has 0 bridgehead atoms. The maximum absolute atomic E-state index is 13.8. The minimum Gasteiger partial charge on any atom is -0.497 e. The van der Waals surface area contributed by atoms with Gasteiger partial charge in [0.05, 0.1) is 28.8 Å². The molecule has 1 N–H and O–H groups in total. The van der Waals surface area contributed by atoms with Crippen molar-refractivity contribution in [2.45, 2.75) is 4.90 Å². The van der Waals surface area contributed by atoms with Crippen LogP contribution in [0.3, 0.4) is 0 Å². The molecule has 0 aliphatic rings. The summed E-state index contributed by atoms with van der Waals surface area (Å²) in [4.78, 5) is 9.58. The molecule has 2 aromatic rings. The van der Waals surface area contributed by atoms with Gasteiger partial charge >= 0.3 is 0 Å². The highest BCUT2D eigenvalue weighted by Gasteiger charge is 2.27. The second kappa shape index (κ2) is 6.39. The lowest BCUT2D eigenvalue weighted by molar-refractivity contribution is -0.387. The molecule has 7 nitrogen and oxygen atoms in total. The maximum atomic E-state index is 13.8. The van der Waals surface area contributed by atoms with E-state index in [1.807, 2.05) is 4.72 Å². The van der Waals surface area contributed by atoms with Crippen molar-refractivity contribution in [3.05, 3.63) is 57.4 Å². The van der Waals surface area contributed by atoms with Crippen molar-refractivity contribution < 1.29 is 22.5 Å². The number of nitrogens with one attached hydrogen (secondary N) is 1. The first-order chi connectivity index (χ1) is 10.8. The number of nitro groups is 1. The molecule has 0 amide bonds. The van der Waals surface area contributed by atoms with Crippen LogP contribution in [0.1, 0.15) is 0 Å². The number of nitrogens with zero attached hydrogens (tertiary/aromatic N) is 1. The number of hydrogen-bond donors (Lipinski definition) is 1. The standard InChI is InChI=1S/C13H10ClFN2O5S/c1-22-8-5-6-12(11(7-8)17(18)19)23(20,21)16-10-4-2-3-9(14)13(10)15/h2-7,16H,1H3. The van der Waals surface area contributed by atoms with Gasteiger partial charge in [-0.1, -0.05) is 17.7 Å². The number of sulfonamides is 1. The molecule has 0 heterocycles. The summed E-state index contributed by atoms with van der Waals surface area (Å²) in [6.45, 7) is 0. The van der Waals surface area contributed by atoms with E-state index in [1.54, 1.807) is 0 Å². The lowest BCUT2D eigenvalue weighted by Crippen LogP contribution is -2.15. The summed E-state index contributed by atoms with van der Waals surface area (Å²) in [5.41, 5.74) is -1.11. The first-order valence-corrected chi connectivity index (χ1v) is 7.91. The van der Waals surface area contributed by atoms with Gasteiger partial charge < -0.3 is 4.74 Å². The van der Waals surface area contributed by atoms with E-state index in [1.165, 1.54) is 25.3 Å². The van der Waals surface area contributed by atoms with Crippen molar-refractivity contribution in [1.29, 1.82) is 0 Å². The zero-order valence-electron chi connectivity index (χ0n) is 11.6. The van der Waals surface area contributed by atoms with Gasteiger partial charge in [0, 0.05) is 0 Å². The molecule has 0 aliphatic heterocycles. The lowest BCUT2D eigenvalue weighted by Gasteiger charge is -2.10. The molecule has 0 unspecified atom stereocenters. The fourth-order valence-electron chi connectivity index (χ4n) is 1.78. The fourth-order valence-corrected chi connectivity index (χ4v) is 3.16. The Morgan fingerprint density at radius 1 is 1.30 bits per heavy atom. The van der Waals surface area contributed by atoms with Crippen LogP contribution in [0.5, 0.6) is 5.75 Å². The number of halogens is 2. The molecule has 0 saturated heterocycles. The van der Waals surface area contributed by atoms with Crippen LogP contribution < -0.4 is 9.46 Å². The molecule has 2 rings (SSSR count). The smallest absolute Gasteiger partial charge is 0.293 e. The molecule has 0 fully saturated rings. The highest BCUT2D eigenvalue weighted by atomic mass is 35.5. The third-order valence-electron chi connectivity index (χ3n) is 2.85. The average Bonchev–Trinajstić information content (AvgIpc) is 2.51. The van der Waals surface area contributed by atoms with Gasteiger partial charge in [-0.25, -0.2) is 12.8 Å². The van der Waals surface area contributed by atoms with E-state index in [2.05, 4.69) is 0 Å². The number of rotatable bonds is 5. The zero-order chi connectivity index (χ0) is 17.2. The Bertz CT molecular complexity index is 873. The predicted molar refractivity (Wildman–Crippen MR) is 81.9 cm³/mol. The molecule has 0 spiro atoms. The Hall–Kier alpha value is -2.39. The van der Waals surface area contributed by atoms with Gasteiger partial charge in [-0.2, -0.15) is 0 Å². The van der Waals surface area contributed by atoms with E-state index >= 15 is 0 Å². The number of ether oxygens (including phenoxy) is 1. The van der Waals surface area contributed by atoms with E-state index in [9.17, 15) is 22.9 Å². The number of methoxy groups -OCH3 is 1. The number of nitro benzene ring substituents is 1. The van der Waals surface area contributed by atoms with Crippen LogP contribution in [0.25, 0.3) is 0 Å². The number of hydrogen-bond acceptors (Lipinski definition) is 5. The Morgan fingerprint density at radius 3 is 2.61 bits per heavy atom. The molecular weight excluding hydrogens is 351 g/mol. The Balaban J connectivity index is 2.52. The number of anilines is 1. The molecule has 0 saturated carbocycles. The van der Waals surface area contributed by atoms with Crippen LogP contribution in [0.2, 0.25) is 5.02 Å². The maximum Gasteiger partial charge on any atom is 0.293 e. The molecular formula is C13H10ClFN2O5S. The van der Waals surface area contributed by atoms with Gasteiger partial charge in [-0.3, -0.25) is 14.8 Å². The summed E-state index contributed by atoms with van der Waals surface area (Å²) in [6, 6.07) is 6.94. The molecule has 0 radical (unpaired) electrons. The van der Waals surface area contributed by atoms with Crippen LogP contribution in [0.4, 0.5) is 15.8 Å². The van der Waals surface area contributed by atoms with Crippen molar-refractivity contribution in [3.8, 4) is 5.75 Å². The SMILES string of the molecule is COc1ccc(S(=O)(=O)Nc2cccc(Cl)c2F)c([N+](=O)[O-])c1. The third kappa shape index (κ3) is 3.51. The normalized spacial score (nSPS) is 11.1. The molecule has 10 heteroatoms. The Kier molecular flexibility index (Phi) is 4.71. The van der Waals surface area contributed by atoms with Crippen molar-refractivity contribution in [2.24, 2.45) is 0 Å². The molecule has 23 heavy (non-hydrogen) atoms. The van der Waals surface area contributed by atoms with Crippen LogP contribution in [0, 0.1) is 15.9 Å². The zero-order valence-corrected chi connectivity index (χ0v) is 13.2. The summed E-state index contributed by atoms with van der Waals surface area (Å²) in [6.07, 6.45) is 0. The molecule has 122 valence electrons. The summed E-state index contributed by atoms with van der Waals surface area (Å²) >= 11 is 5.58. The van der Waals surface area contributed by atoms with E-state index in [0.29, 0.717) is 0 Å². The first kappa shape index (κ1) is 17.0. The van der Waals surface area contributed by atoms with E-state index in [0.717, 1.165) is 18.2 Å². The van der Waals surface area contributed by atoms with Crippen molar-refractivity contribution in [2.75, 3.05) is 11.8 Å². The molecule has 0 atom stereocenters. The van der Waals surface area contributed by atoms with Crippen molar-refractivity contribution in [3.63, 3.8) is 0 Å². The van der Waals surface area contributed by atoms with Crippen LogP contribution in [-0.4, -0.2) is 20.5 Å². The van der Waals surface area contributed by atoms with Crippen LogP contribution in [-0.2, 0) is 10.0 Å². The van der Waals surface area contributed by atoms with Crippen molar-refractivity contribution >= 4 is 33.0 Å². The van der Waals surface area contributed by atoms with Gasteiger partial charge in [0.15, 0.2) is 10.7 Å². The minimum atomic E-state index is -4.40. The van der Waals surface area contributed by atoms with Crippen LogP contribution in [0.15, 0.2) is 41.3 Å². The second-order valence-electron chi connectivity index (χ2n) is 4.30. The van der Waals surface area contributed by atoms with Gasteiger partial charge in [-0.05, 0) is 24.3 Å². The minimum absolute atomic E-state index is 0.115. The fraction of sp³-hybridized carbons (Fsp3) is 0.0769. The van der Waals surface area contributed by atoms with Gasteiger partial charge in [-0.15, -0.1) is 0 Å². The summed E-state index contributed by atoms with van der Waals surface area (Å²) in [7, 11) is -3.11. The van der Waals surface area contributed by atoms with E-state index in [4.69, 9.17) is 16.3 Å². The first-order valence-electron chi connectivity index (χ1n) is 6.05. The van der Waals surface area contributed by atoms with Gasteiger partial charge in [0.2, 0.25) is 0 Å². The third-order valence-corrected chi connectivity index (χ3v) is 4.55. The quantitative estimate of drug-likeness (QED) is 0.652. The highest BCUT2D eigenvalue weighted by Crippen LogP contribution is 2.31. The lowest BCUT2D eigenvalue weighted by atomic mass is 10.3. The average molecular weight is 361 g/mol. The monoisotopic (exact) mass is 360 g/mol.